The summed E-state index contributed by atoms with van der Waals surface area (Å²) in [4.78, 5) is 8.53. The molecule has 0 saturated carbocycles. The van der Waals surface area contributed by atoms with E-state index in [4.69, 9.17) is 6.57 Å². The number of aromatic nitrogens is 1. The van der Waals surface area contributed by atoms with Crippen LogP contribution < -0.4 is 9.80 Å². The number of para-hydroxylation sites is 2. The van der Waals surface area contributed by atoms with E-state index in [1.807, 2.05) is 24.3 Å². The molecule has 11 rings (SSSR count). The zero-order chi connectivity index (χ0) is 41.6. The highest BCUT2D eigenvalue weighted by Gasteiger charge is 2.27. The first-order valence-corrected chi connectivity index (χ1v) is 21.2. The Labute approximate surface area is 362 Å². The summed E-state index contributed by atoms with van der Waals surface area (Å²) < 4.78 is 2.35. The number of hydrogen-bond donors (Lipinski definition) is 0. The first-order chi connectivity index (χ1) is 30.6. The fraction of sp³-hybridized carbons (Fsp3) is 0.0517. The minimum absolute atomic E-state index is 0.149. The second-order valence-electron chi connectivity index (χ2n) is 16.1. The minimum Gasteiger partial charge on any atom is -0.333 e. The third-order valence-corrected chi connectivity index (χ3v) is 12.4. The van der Waals surface area contributed by atoms with Crippen LogP contribution in [0.15, 0.2) is 212 Å². The van der Waals surface area contributed by atoms with E-state index in [1.54, 1.807) is 0 Å². The Morgan fingerprint density at radius 2 is 1.16 bits per heavy atom. The number of nitrogens with zero attached hydrogens (tertiary/aromatic N) is 4. The first-order valence-electron chi connectivity index (χ1n) is 21.2. The average molecular weight is 795 g/mol. The SMILES string of the molecule is [C-]#[N+]c1ccc(N(c2ccc(-c3ccc(N(c4ccc(C)cc4)C4CC=Cc5ccccc54)c4ccccc34)cc2)c2ccc3c(c2)c2ccccc2n3-c2ccccc2)cc1. The Bertz CT molecular complexity index is 3340. The van der Waals surface area contributed by atoms with Gasteiger partial charge in [-0.3, -0.25) is 0 Å². The van der Waals surface area contributed by atoms with Gasteiger partial charge in [0.15, 0.2) is 5.69 Å². The van der Waals surface area contributed by atoms with Crippen LogP contribution in [0, 0.1) is 13.5 Å². The lowest BCUT2D eigenvalue weighted by atomic mass is 9.89. The molecular weight excluding hydrogens is 753 g/mol. The molecule has 0 fully saturated rings. The number of benzene rings is 9. The van der Waals surface area contributed by atoms with Gasteiger partial charge in [0.25, 0.3) is 0 Å². The summed E-state index contributed by atoms with van der Waals surface area (Å²) in [5.41, 5.74) is 15.7. The number of anilines is 5. The van der Waals surface area contributed by atoms with Gasteiger partial charge in [-0.1, -0.05) is 145 Å². The van der Waals surface area contributed by atoms with Crippen LogP contribution >= 0.6 is 0 Å². The molecule has 1 aromatic heterocycles. The molecule has 1 aliphatic rings. The van der Waals surface area contributed by atoms with Crippen molar-refractivity contribution in [3.63, 3.8) is 0 Å². The van der Waals surface area contributed by atoms with Crippen molar-refractivity contribution in [2.45, 2.75) is 19.4 Å². The summed E-state index contributed by atoms with van der Waals surface area (Å²) >= 11 is 0. The predicted octanol–water partition coefficient (Wildman–Crippen LogP) is 16.2. The number of fused-ring (bicyclic) bond motifs is 5. The zero-order valence-corrected chi connectivity index (χ0v) is 34.4. The van der Waals surface area contributed by atoms with Gasteiger partial charge >= 0.3 is 0 Å². The number of rotatable bonds is 8. The summed E-state index contributed by atoms with van der Waals surface area (Å²) in [6.45, 7) is 9.78. The molecule has 0 bridgehead atoms. The summed E-state index contributed by atoms with van der Waals surface area (Å²) in [6, 6.07) is 74.2. The summed E-state index contributed by atoms with van der Waals surface area (Å²) in [5.74, 6) is 0. The monoisotopic (exact) mass is 794 g/mol. The van der Waals surface area contributed by atoms with Crippen molar-refractivity contribution in [1.29, 1.82) is 0 Å². The smallest absolute Gasteiger partial charge is 0.187 e. The Hall–Kier alpha value is -8.13. The van der Waals surface area contributed by atoms with E-state index in [-0.39, 0.29) is 6.04 Å². The second-order valence-corrected chi connectivity index (χ2v) is 16.1. The summed E-state index contributed by atoms with van der Waals surface area (Å²) in [6.07, 6.45) is 5.49. The molecule has 294 valence electrons. The third kappa shape index (κ3) is 6.40. The molecule has 4 nitrogen and oxygen atoms in total. The molecule has 1 unspecified atom stereocenters. The molecule has 1 aliphatic carbocycles. The molecule has 0 N–H and O–H groups in total. The minimum atomic E-state index is 0.149. The highest BCUT2D eigenvalue weighted by molar-refractivity contribution is 6.11. The van der Waals surface area contributed by atoms with Gasteiger partial charge in [-0.25, -0.2) is 4.85 Å². The standard InChI is InChI=1S/C58H42N4/c1-40-23-29-47(30-24-40)62(55-22-12-14-41-13-6-7-17-50(41)55)57-38-36-49(51-18-8-9-19-52(51)57)42-25-31-45(32-26-42)60(46-33-27-43(59-2)28-34-46)48-35-37-58-54(39-48)53-20-10-11-21-56(53)61(58)44-15-4-3-5-16-44/h3-21,23-39,55H,22H2,1H3. The molecule has 10 aromatic rings. The van der Waals surface area contributed by atoms with E-state index in [0.717, 1.165) is 40.3 Å². The maximum atomic E-state index is 7.63. The summed E-state index contributed by atoms with van der Waals surface area (Å²) in [7, 11) is 0. The maximum Gasteiger partial charge on any atom is 0.187 e. The van der Waals surface area contributed by atoms with E-state index < -0.39 is 0 Å². The quantitative estimate of drug-likeness (QED) is 0.142. The van der Waals surface area contributed by atoms with Crippen LogP contribution in [0.1, 0.15) is 29.2 Å². The fourth-order valence-electron chi connectivity index (χ4n) is 9.47. The van der Waals surface area contributed by atoms with Gasteiger partial charge in [-0.15, -0.1) is 0 Å². The molecular formula is C58H42N4. The number of hydrogen-bond acceptors (Lipinski definition) is 2. The van der Waals surface area contributed by atoms with Gasteiger partial charge < -0.3 is 14.4 Å². The topological polar surface area (TPSA) is 15.8 Å². The lowest BCUT2D eigenvalue weighted by molar-refractivity contribution is 0.703. The molecule has 0 saturated heterocycles. The van der Waals surface area contributed by atoms with Crippen LogP contribution in [0.3, 0.4) is 0 Å². The van der Waals surface area contributed by atoms with Gasteiger partial charge in [-0.2, -0.15) is 0 Å². The molecule has 9 aromatic carbocycles. The van der Waals surface area contributed by atoms with Crippen LogP contribution in [0.2, 0.25) is 0 Å². The highest BCUT2D eigenvalue weighted by Crippen LogP contribution is 2.46. The first kappa shape index (κ1) is 36.9. The van der Waals surface area contributed by atoms with Crippen LogP contribution in [0.5, 0.6) is 0 Å². The van der Waals surface area contributed by atoms with Crippen molar-refractivity contribution in [2.24, 2.45) is 0 Å². The summed E-state index contributed by atoms with van der Waals surface area (Å²) in [5, 5.41) is 4.81. The van der Waals surface area contributed by atoms with Crippen molar-refractivity contribution in [3.8, 4) is 16.8 Å². The highest BCUT2D eigenvalue weighted by atomic mass is 15.2. The van der Waals surface area contributed by atoms with Crippen molar-refractivity contribution in [1.82, 2.24) is 4.57 Å². The van der Waals surface area contributed by atoms with Gasteiger partial charge in [0, 0.05) is 50.3 Å². The van der Waals surface area contributed by atoms with E-state index in [9.17, 15) is 0 Å². The van der Waals surface area contributed by atoms with Gasteiger partial charge in [0.1, 0.15) is 0 Å². The maximum absolute atomic E-state index is 7.63. The van der Waals surface area contributed by atoms with Gasteiger partial charge in [0.2, 0.25) is 0 Å². The van der Waals surface area contributed by atoms with Crippen LogP contribution in [-0.2, 0) is 0 Å². The van der Waals surface area contributed by atoms with Crippen LogP contribution in [0.25, 0.3) is 60.3 Å². The van der Waals surface area contributed by atoms with Crippen LogP contribution in [0.4, 0.5) is 34.1 Å². The molecule has 0 aliphatic heterocycles. The Morgan fingerprint density at radius 3 is 1.94 bits per heavy atom. The number of aryl methyl sites for hydroxylation is 1. The molecule has 0 spiro atoms. The lowest BCUT2D eigenvalue weighted by Gasteiger charge is -2.37. The van der Waals surface area contributed by atoms with Crippen molar-refractivity contribution in [3.05, 3.63) is 240 Å². The molecule has 0 amide bonds. The Balaban J connectivity index is 1.02. The molecule has 1 atom stereocenters. The van der Waals surface area contributed by atoms with E-state index in [2.05, 4.69) is 220 Å². The van der Waals surface area contributed by atoms with Crippen molar-refractivity contribution in [2.75, 3.05) is 9.80 Å². The normalized spacial score (nSPS) is 13.3. The third-order valence-electron chi connectivity index (χ3n) is 12.4. The molecule has 4 heteroatoms. The van der Waals surface area contributed by atoms with Crippen molar-refractivity contribution >= 4 is 72.8 Å². The fourth-order valence-corrected chi connectivity index (χ4v) is 9.47. The zero-order valence-electron chi connectivity index (χ0n) is 34.4. The largest absolute Gasteiger partial charge is 0.333 e. The van der Waals surface area contributed by atoms with Gasteiger partial charge in [-0.05, 0) is 120 Å². The van der Waals surface area contributed by atoms with E-state index in [0.29, 0.717) is 5.69 Å². The second kappa shape index (κ2) is 15.5. The Kier molecular flexibility index (Phi) is 9.21. The van der Waals surface area contributed by atoms with E-state index in [1.165, 1.54) is 60.7 Å². The molecule has 1 heterocycles. The van der Waals surface area contributed by atoms with E-state index >= 15 is 0 Å². The molecule has 62 heavy (non-hydrogen) atoms. The van der Waals surface area contributed by atoms with Crippen molar-refractivity contribution < 1.29 is 0 Å². The predicted molar refractivity (Wildman–Crippen MR) is 261 cm³/mol. The Morgan fingerprint density at radius 1 is 0.532 bits per heavy atom. The average Bonchev–Trinajstić information content (AvgIpc) is 3.67. The van der Waals surface area contributed by atoms with Gasteiger partial charge in [0.05, 0.1) is 23.6 Å². The lowest BCUT2D eigenvalue weighted by Crippen LogP contribution is -2.25. The molecule has 0 radical (unpaired) electrons. The van der Waals surface area contributed by atoms with Crippen LogP contribution in [-0.4, -0.2) is 4.57 Å².